The highest BCUT2D eigenvalue weighted by Crippen LogP contribution is 2.35. The number of benzene rings is 2. The van der Waals surface area contributed by atoms with E-state index >= 15 is 0 Å². The largest absolute Gasteiger partial charge is 0.545 e. The molecule has 1 aliphatic rings. The summed E-state index contributed by atoms with van der Waals surface area (Å²) in [6.45, 7) is -2.98. The van der Waals surface area contributed by atoms with Crippen LogP contribution in [0.25, 0.3) is 0 Å². The standard InChI is InChI=1S/C18H13F2NO5S/c19-18(20)26-11-7-5-10(6-8-11)21-15(22)9-14(16(21)23)27-13-4-2-1-3-12(13)17(24)25/h1-8,14,18H,9H2,(H,24,25)/p-1/t14-/m1/s1. The van der Waals surface area contributed by atoms with Crippen molar-refractivity contribution >= 4 is 35.2 Å². The molecule has 140 valence electrons. The Balaban J connectivity index is 1.78. The first-order valence-corrected chi connectivity index (χ1v) is 8.63. The normalized spacial score (nSPS) is 16.9. The Morgan fingerprint density at radius 3 is 2.44 bits per heavy atom. The number of rotatable bonds is 6. The molecule has 0 aliphatic carbocycles. The lowest BCUT2D eigenvalue weighted by Gasteiger charge is -2.16. The van der Waals surface area contributed by atoms with Crippen LogP contribution < -0.4 is 14.7 Å². The molecule has 0 unspecified atom stereocenters. The van der Waals surface area contributed by atoms with Crippen LogP contribution in [0.3, 0.4) is 0 Å². The summed E-state index contributed by atoms with van der Waals surface area (Å²) in [6.07, 6.45) is -0.111. The maximum atomic E-state index is 12.6. The Kier molecular flexibility index (Phi) is 5.41. The fraction of sp³-hybridized carbons (Fsp3) is 0.167. The number of nitrogens with zero attached hydrogens (tertiary/aromatic N) is 1. The molecule has 0 radical (unpaired) electrons. The lowest BCUT2D eigenvalue weighted by atomic mass is 10.2. The van der Waals surface area contributed by atoms with Crippen LogP contribution in [0.2, 0.25) is 0 Å². The van der Waals surface area contributed by atoms with Crippen LogP contribution in [0.1, 0.15) is 16.8 Å². The van der Waals surface area contributed by atoms with Gasteiger partial charge in [-0.1, -0.05) is 18.2 Å². The SMILES string of the molecule is O=C([O-])c1ccccc1S[C@@H]1CC(=O)N(c2ccc(OC(F)F)cc2)C1=O. The molecule has 0 spiro atoms. The second-order valence-electron chi connectivity index (χ2n) is 5.53. The molecule has 2 aromatic carbocycles. The van der Waals surface area contributed by atoms with E-state index in [1.165, 1.54) is 42.5 Å². The molecule has 6 nitrogen and oxygen atoms in total. The van der Waals surface area contributed by atoms with Crippen LogP contribution in [0.4, 0.5) is 14.5 Å². The number of ether oxygens (including phenoxy) is 1. The van der Waals surface area contributed by atoms with E-state index in [9.17, 15) is 28.3 Å². The van der Waals surface area contributed by atoms with Gasteiger partial charge in [-0.2, -0.15) is 8.78 Å². The third-order valence-electron chi connectivity index (χ3n) is 3.80. The number of hydrogen-bond donors (Lipinski definition) is 0. The Bertz CT molecular complexity index is 888. The minimum Gasteiger partial charge on any atom is -0.545 e. The number of carbonyl (C=O) groups is 3. The zero-order valence-corrected chi connectivity index (χ0v) is 14.4. The fourth-order valence-electron chi connectivity index (χ4n) is 2.64. The highest BCUT2D eigenvalue weighted by atomic mass is 32.2. The van der Waals surface area contributed by atoms with Crippen LogP contribution in [0.15, 0.2) is 53.4 Å². The summed E-state index contributed by atoms with van der Waals surface area (Å²) in [7, 11) is 0. The molecule has 27 heavy (non-hydrogen) atoms. The van der Waals surface area contributed by atoms with E-state index < -0.39 is 29.6 Å². The summed E-state index contributed by atoms with van der Waals surface area (Å²) < 4.78 is 28.6. The molecular formula is C18H12F2NO5S-. The van der Waals surface area contributed by atoms with Crippen molar-refractivity contribution in [1.29, 1.82) is 0 Å². The number of amides is 2. The number of anilines is 1. The summed E-state index contributed by atoms with van der Waals surface area (Å²) in [5, 5.41) is 10.4. The molecule has 0 aromatic heterocycles. The molecule has 9 heteroatoms. The van der Waals surface area contributed by atoms with Gasteiger partial charge in [0.05, 0.1) is 16.9 Å². The van der Waals surface area contributed by atoms with Gasteiger partial charge in [-0.15, -0.1) is 11.8 Å². The molecule has 0 N–H and O–H groups in total. The van der Waals surface area contributed by atoms with Crippen molar-refractivity contribution in [2.24, 2.45) is 0 Å². The van der Waals surface area contributed by atoms with E-state index in [2.05, 4.69) is 4.74 Å². The lowest BCUT2D eigenvalue weighted by Crippen LogP contribution is -2.31. The number of thioether (sulfide) groups is 1. The van der Waals surface area contributed by atoms with Gasteiger partial charge in [-0.05, 0) is 30.3 Å². The topological polar surface area (TPSA) is 86.7 Å². The minimum atomic E-state index is -2.98. The third kappa shape index (κ3) is 4.08. The van der Waals surface area contributed by atoms with Crippen LogP contribution in [0, 0.1) is 0 Å². The zero-order chi connectivity index (χ0) is 19.6. The number of carboxylic acids is 1. The number of carboxylic acid groups (broad SMARTS) is 1. The van der Waals surface area contributed by atoms with Crippen molar-refractivity contribution in [2.45, 2.75) is 23.2 Å². The molecule has 0 bridgehead atoms. The lowest BCUT2D eigenvalue weighted by molar-refractivity contribution is -0.255. The molecule has 1 fully saturated rings. The zero-order valence-electron chi connectivity index (χ0n) is 13.6. The number of imide groups is 1. The Labute approximate surface area is 156 Å². The maximum absolute atomic E-state index is 12.6. The van der Waals surface area contributed by atoms with E-state index in [-0.39, 0.29) is 23.4 Å². The molecule has 1 aliphatic heterocycles. The monoisotopic (exact) mass is 392 g/mol. The third-order valence-corrected chi connectivity index (χ3v) is 5.06. The van der Waals surface area contributed by atoms with E-state index in [1.54, 1.807) is 6.07 Å². The van der Waals surface area contributed by atoms with Gasteiger partial charge in [0.1, 0.15) is 5.75 Å². The maximum Gasteiger partial charge on any atom is 0.387 e. The highest BCUT2D eigenvalue weighted by molar-refractivity contribution is 8.00. The first kappa shape index (κ1) is 18.8. The van der Waals surface area contributed by atoms with Gasteiger partial charge >= 0.3 is 6.61 Å². The predicted molar refractivity (Wildman–Crippen MR) is 90.6 cm³/mol. The van der Waals surface area contributed by atoms with E-state index in [4.69, 9.17) is 0 Å². The summed E-state index contributed by atoms with van der Waals surface area (Å²) in [5.41, 5.74) is 0.164. The van der Waals surface area contributed by atoms with Crippen LogP contribution >= 0.6 is 11.8 Å². The molecule has 1 saturated heterocycles. The first-order chi connectivity index (χ1) is 12.9. The number of carbonyl (C=O) groups excluding carboxylic acids is 3. The average molecular weight is 392 g/mol. The van der Waals surface area contributed by atoms with E-state index in [1.807, 2.05) is 0 Å². The van der Waals surface area contributed by atoms with Crippen LogP contribution in [0.5, 0.6) is 5.75 Å². The summed E-state index contributed by atoms with van der Waals surface area (Å²) in [4.78, 5) is 37.4. The summed E-state index contributed by atoms with van der Waals surface area (Å²) in [5.74, 6) is -2.45. The van der Waals surface area contributed by atoms with Gasteiger partial charge in [-0.25, -0.2) is 4.90 Å². The number of hydrogen-bond acceptors (Lipinski definition) is 6. The summed E-state index contributed by atoms with van der Waals surface area (Å²) >= 11 is 0.971. The molecular weight excluding hydrogens is 380 g/mol. The smallest absolute Gasteiger partial charge is 0.387 e. The number of aromatic carboxylic acids is 1. The van der Waals surface area contributed by atoms with Gasteiger partial charge in [-0.3, -0.25) is 9.59 Å². The number of alkyl halides is 2. The van der Waals surface area contributed by atoms with Gasteiger partial charge in [0.15, 0.2) is 0 Å². The van der Waals surface area contributed by atoms with Crippen molar-refractivity contribution in [1.82, 2.24) is 0 Å². The number of halogens is 2. The second-order valence-corrected chi connectivity index (χ2v) is 6.78. The van der Waals surface area contributed by atoms with Crippen molar-refractivity contribution < 1.29 is 33.0 Å². The molecule has 0 saturated carbocycles. The molecule has 3 rings (SSSR count). The predicted octanol–water partition coefficient (Wildman–Crippen LogP) is 2.08. The van der Waals surface area contributed by atoms with Gasteiger partial charge in [0.25, 0.3) is 0 Å². The summed E-state index contributed by atoms with van der Waals surface area (Å²) in [6, 6.07) is 11.2. The van der Waals surface area contributed by atoms with E-state index in [0.717, 1.165) is 16.7 Å². The van der Waals surface area contributed by atoms with Gasteiger partial charge in [0, 0.05) is 16.9 Å². The average Bonchev–Trinajstić information content (AvgIpc) is 2.89. The van der Waals surface area contributed by atoms with Crippen molar-refractivity contribution in [2.75, 3.05) is 4.90 Å². The molecule has 1 atom stereocenters. The van der Waals surface area contributed by atoms with E-state index in [0.29, 0.717) is 4.90 Å². The van der Waals surface area contributed by atoms with Crippen LogP contribution in [-0.4, -0.2) is 29.6 Å². The van der Waals surface area contributed by atoms with Crippen molar-refractivity contribution in [3.8, 4) is 5.75 Å². The van der Waals surface area contributed by atoms with Crippen molar-refractivity contribution in [3.05, 3.63) is 54.1 Å². The van der Waals surface area contributed by atoms with Crippen molar-refractivity contribution in [3.63, 3.8) is 0 Å². The minimum absolute atomic E-state index is 0.0605. The second kappa shape index (κ2) is 7.75. The highest BCUT2D eigenvalue weighted by Gasteiger charge is 2.40. The quantitative estimate of drug-likeness (QED) is 0.700. The van der Waals surface area contributed by atoms with Crippen LogP contribution in [-0.2, 0) is 9.59 Å². The van der Waals surface area contributed by atoms with Gasteiger partial charge < -0.3 is 14.6 Å². The van der Waals surface area contributed by atoms with Gasteiger partial charge in [0.2, 0.25) is 11.8 Å². The molecule has 1 heterocycles. The molecule has 2 aromatic rings. The Hall–Kier alpha value is -2.94. The first-order valence-electron chi connectivity index (χ1n) is 7.75. The fourth-order valence-corrected chi connectivity index (χ4v) is 3.81. The Morgan fingerprint density at radius 1 is 1.15 bits per heavy atom. The Morgan fingerprint density at radius 2 is 1.81 bits per heavy atom. The molecule has 2 amide bonds.